The molecule has 2 nitrogen and oxygen atoms in total. The van der Waals surface area contributed by atoms with Gasteiger partial charge in [0.25, 0.3) is 0 Å². The van der Waals surface area contributed by atoms with Gasteiger partial charge in [-0.1, -0.05) is 11.6 Å². The summed E-state index contributed by atoms with van der Waals surface area (Å²) >= 11 is 3.78. The Labute approximate surface area is 116 Å². The molecule has 1 aliphatic rings. The molecule has 1 fully saturated rings. The minimum atomic E-state index is 0.748. The molecule has 3 rings (SSSR count). The molecule has 1 aromatic heterocycles. The Morgan fingerprint density at radius 1 is 1.33 bits per heavy atom. The predicted octanol–water partition coefficient (Wildman–Crippen LogP) is 3.81. The number of benzene rings is 1. The van der Waals surface area contributed by atoms with Gasteiger partial charge in [0.1, 0.15) is 0 Å². The third-order valence-corrected chi connectivity index (χ3v) is 4.70. The maximum Gasteiger partial charge on any atom is 0.0521 e. The van der Waals surface area contributed by atoms with Crippen LogP contribution in [0.4, 0.5) is 0 Å². The highest BCUT2D eigenvalue weighted by atomic mass is 79.9. The fraction of sp³-hybridized carbons (Fsp3) is 0.467. The van der Waals surface area contributed by atoms with Crippen molar-refractivity contribution >= 4 is 26.8 Å². The van der Waals surface area contributed by atoms with E-state index in [-0.39, 0.29) is 0 Å². The number of aromatic nitrogens is 1. The molecule has 1 heterocycles. The van der Waals surface area contributed by atoms with Crippen molar-refractivity contribution in [3.63, 3.8) is 0 Å². The summed E-state index contributed by atoms with van der Waals surface area (Å²) in [7, 11) is 2.17. The standard InChI is InChI=1S/C15H19BrN2/c1-9-6-10(2)15-12(7-9)14(16)13(18(15)3)8-17-11-4-5-11/h6-7,11,17H,4-5,8H2,1-3H3. The van der Waals surface area contributed by atoms with E-state index in [1.54, 1.807) is 0 Å². The number of hydrogen-bond acceptors (Lipinski definition) is 1. The molecular formula is C15H19BrN2. The lowest BCUT2D eigenvalue weighted by Crippen LogP contribution is -2.17. The van der Waals surface area contributed by atoms with E-state index in [1.165, 1.54) is 45.0 Å². The Hall–Kier alpha value is -0.800. The van der Waals surface area contributed by atoms with E-state index in [0.29, 0.717) is 0 Å². The summed E-state index contributed by atoms with van der Waals surface area (Å²) in [6, 6.07) is 5.28. The van der Waals surface area contributed by atoms with Crippen molar-refractivity contribution in [2.75, 3.05) is 0 Å². The number of nitrogens with zero attached hydrogens (tertiary/aromatic N) is 1. The van der Waals surface area contributed by atoms with Crippen LogP contribution in [0.25, 0.3) is 10.9 Å². The molecule has 0 spiro atoms. The SMILES string of the molecule is Cc1cc(C)c2c(c1)c(Br)c(CNC1CC1)n2C. The van der Waals surface area contributed by atoms with E-state index in [9.17, 15) is 0 Å². The van der Waals surface area contributed by atoms with Crippen molar-refractivity contribution < 1.29 is 0 Å². The molecule has 0 atom stereocenters. The largest absolute Gasteiger partial charge is 0.345 e. The normalized spacial score (nSPS) is 15.6. The van der Waals surface area contributed by atoms with Crippen LogP contribution in [0.1, 0.15) is 29.7 Å². The number of aryl methyl sites for hydroxylation is 3. The van der Waals surface area contributed by atoms with E-state index in [2.05, 4.69) is 58.8 Å². The van der Waals surface area contributed by atoms with Crippen LogP contribution < -0.4 is 5.32 Å². The Bertz CT molecular complexity index is 609. The lowest BCUT2D eigenvalue weighted by Gasteiger charge is -2.07. The van der Waals surface area contributed by atoms with Gasteiger partial charge in [-0.15, -0.1) is 0 Å². The van der Waals surface area contributed by atoms with E-state index >= 15 is 0 Å². The van der Waals surface area contributed by atoms with Crippen molar-refractivity contribution in [3.8, 4) is 0 Å². The maximum absolute atomic E-state index is 3.78. The number of halogens is 1. The molecule has 3 heteroatoms. The number of rotatable bonds is 3. The molecule has 0 bridgehead atoms. The van der Waals surface area contributed by atoms with Gasteiger partial charge in [0, 0.05) is 35.2 Å². The zero-order chi connectivity index (χ0) is 12.9. The second-order valence-electron chi connectivity index (χ2n) is 5.45. The van der Waals surface area contributed by atoms with Crippen LogP contribution in [0.2, 0.25) is 0 Å². The van der Waals surface area contributed by atoms with Gasteiger partial charge >= 0.3 is 0 Å². The van der Waals surface area contributed by atoms with Crippen molar-refractivity contribution in [2.24, 2.45) is 7.05 Å². The highest BCUT2D eigenvalue weighted by molar-refractivity contribution is 9.10. The van der Waals surface area contributed by atoms with Gasteiger partial charge in [0.2, 0.25) is 0 Å². The van der Waals surface area contributed by atoms with Gasteiger partial charge in [0.15, 0.2) is 0 Å². The van der Waals surface area contributed by atoms with E-state index < -0.39 is 0 Å². The second kappa shape index (κ2) is 4.39. The number of hydrogen-bond donors (Lipinski definition) is 1. The molecule has 1 aromatic carbocycles. The quantitative estimate of drug-likeness (QED) is 0.912. The van der Waals surface area contributed by atoms with Crippen LogP contribution in [0.5, 0.6) is 0 Å². The van der Waals surface area contributed by atoms with Crippen molar-refractivity contribution in [3.05, 3.63) is 33.4 Å². The van der Waals surface area contributed by atoms with Crippen molar-refractivity contribution in [1.82, 2.24) is 9.88 Å². The Balaban J connectivity index is 2.10. The minimum Gasteiger partial charge on any atom is -0.345 e. The first-order chi connectivity index (χ1) is 8.58. The van der Waals surface area contributed by atoms with Crippen LogP contribution in [0.3, 0.4) is 0 Å². The Kier molecular flexibility index (Phi) is 2.99. The summed E-state index contributed by atoms with van der Waals surface area (Å²) in [5.41, 5.74) is 5.38. The summed E-state index contributed by atoms with van der Waals surface area (Å²) in [4.78, 5) is 0. The van der Waals surface area contributed by atoms with Crippen LogP contribution in [0.15, 0.2) is 16.6 Å². The third-order valence-electron chi connectivity index (χ3n) is 3.81. The molecule has 0 saturated heterocycles. The predicted molar refractivity (Wildman–Crippen MR) is 80.0 cm³/mol. The topological polar surface area (TPSA) is 17.0 Å². The molecule has 0 unspecified atom stereocenters. The molecule has 1 aliphatic carbocycles. The lowest BCUT2D eigenvalue weighted by atomic mass is 10.1. The Morgan fingerprint density at radius 2 is 2.06 bits per heavy atom. The molecule has 96 valence electrons. The smallest absolute Gasteiger partial charge is 0.0521 e. The van der Waals surface area contributed by atoms with E-state index in [0.717, 1.165) is 12.6 Å². The molecule has 0 radical (unpaired) electrons. The van der Waals surface area contributed by atoms with Crippen LogP contribution >= 0.6 is 15.9 Å². The summed E-state index contributed by atoms with van der Waals surface area (Å²) in [5.74, 6) is 0. The zero-order valence-corrected chi connectivity index (χ0v) is 12.8. The third kappa shape index (κ3) is 1.99. The average molecular weight is 307 g/mol. The van der Waals surface area contributed by atoms with Gasteiger partial charge in [0.05, 0.1) is 5.52 Å². The number of fused-ring (bicyclic) bond motifs is 1. The molecule has 1 saturated carbocycles. The van der Waals surface area contributed by atoms with E-state index in [1.807, 2.05) is 0 Å². The fourth-order valence-corrected chi connectivity index (χ4v) is 3.44. The first kappa shape index (κ1) is 12.2. The van der Waals surface area contributed by atoms with Gasteiger partial charge in [-0.2, -0.15) is 0 Å². The summed E-state index contributed by atoms with van der Waals surface area (Å²) < 4.78 is 3.57. The minimum absolute atomic E-state index is 0.748. The van der Waals surface area contributed by atoms with Gasteiger partial charge in [-0.3, -0.25) is 0 Å². The van der Waals surface area contributed by atoms with E-state index in [4.69, 9.17) is 0 Å². The fourth-order valence-electron chi connectivity index (χ4n) is 2.73. The molecule has 0 amide bonds. The van der Waals surface area contributed by atoms with Crippen LogP contribution in [-0.2, 0) is 13.6 Å². The average Bonchev–Trinajstić information content (AvgIpc) is 3.08. The first-order valence-electron chi connectivity index (χ1n) is 6.55. The number of nitrogens with one attached hydrogen (secondary N) is 1. The first-order valence-corrected chi connectivity index (χ1v) is 7.34. The maximum atomic E-state index is 3.78. The van der Waals surface area contributed by atoms with Gasteiger partial charge in [-0.25, -0.2) is 0 Å². The zero-order valence-electron chi connectivity index (χ0n) is 11.2. The van der Waals surface area contributed by atoms with Crippen molar-refractivity contribution in [2.45, 2.75) is 39.3 Å². The van der Waals surface area contributed by atoms with Crippen LogP contribution in [0, 0.1) is 13.8 Å². The summed E-state index contributed by atoms with van der Waals surface area (Å²) in [6.45, 7) is 5.31. The summed E-state index contributed by atoms with van der Waals surface area (Å²) in [6.07, 6.45) is 2.67. The molecule has 18 heavy (non-hydrogen) atoms. The summed E-state index contributed by atoms with van der Waals surface area (Å²) in [5, 5.41) is 4.93. The molecule has 1 N–H and O–H groups in total. The van der Waals surface area contributed by atoms with Crippen molar-refractivity contribution in [1.29, 1.82) is 0 Å². The lowest BCUT2D eigenvalue weighted by molar-refractivity contribution is 0.653. The van der Waals surface area contributed by atoms with Crippen LogP contribution in [-0.4, -0.2) is 10.6 Å². The Morgan fingerprint density at radius 3 is 2.72 bits per heavy atom. The second-order valence-corrected chi connectivity index (χ2v) is 6.25. The highest BCUT2D eigenvalue weighted by Gasteiger charge is 2.22. The molecule has 2 aromatic rings. The molecular weight excluding hydrogens is 288 g/mol. The van der Waals surface area contributed by atoms with Gasteiger partial charge in [-0.05, 0) is 54.2 Å². The highest BCUT2D eigenvalue weighted by Crippen LogP contribution is 2.33. The van der Waals surface area contributed by atoms with Gasteiger partial charge < -0.3 is 9.88 Å². The molecule has 0 aliphatic heterocycles. The monoisotopic (exact) mass is 306 g/mol.